The molecular formula is C12H19N3O2. The Morgan fingerprint density at radius 2 is 1.88 bits per heavy atom. The summed E-state index contributed by atoms with van der Waals surface area (Å²) in [4.78, 5) is 21.1. The van der Waals surface area contributed by atoms with Gasteiger partial charge in [0.05, 0.1) is 0 Å². The van der Waals surface area contributed by atoms with Gasteiger partial charge in [-0.25, -0.2) is 14.8 Å². The molecule has 5 heteroatoms. The Kier molecular flexibility index (Phi) is 4.43. The Morgan fingerprint density at radius 1 is 1.29 bits per heavy atom. The highest BCUT2D eigenvalue weighted by molar-refractivity contribution is 5.90. The van der Waals surface area contributed by atoms with E-state index in [0.29, 0.717) is 11.7 Å². The zero-order chi connectivity index (χ0) is 13.0. The van der Waals surface area contributed by atoms with E-state index in [0.717, 1.165) is 6.54 Å². The van der Waals surface area contributed by atoms with Crippen LogP contribution in [0.1, 0.15) is 38.2 Å². The van der Waals surface area contributed by atoms with Crippen molar-refractivity contribution in [2.45, 2.75) is 33.7 Å². The Hall–Kier alpha value is -1.65. The summed E-state index contributed by atoms with van der Waals surface area (Å²) in [5.74, 6) is -0.160. The number of hydrogen-bond donors (Lipinski definition) is 1. The first kappa shape index (κ1) is 13.4. The molecular weight excluding hydrogens is 218 g/mol. The molecule has 0 fully saturated rings. The van der Waals surface area contributed by atoms with Crippen LogP contribution in [-0.2, 0) is 0 Å². The molecule has 1 N–H and O–H groups in total. The van der Waals surface area contributed by atoms with Gasteiger partial charge in [0.15, 0.2) is 11.5 Å². The fourth-order valence-corrected chi connectivity index (χ4v) is 1.63. The van der Waals surface area contributed by atoms with Crippen LogP contribution < -0.4 is 4.90 Å². The Labute approximate surface area is 102 Å². The molecule has 0 aliphatic heterocycles. The normalized spacial score (nSPS) is 10.9. The summed E-state index contributed by atoms with van der Waals surface area (Å²) in [6, 6.07) is 0.187. The van der Waals surface area contributed by atoms with Crippen molar-refractivity contribution in [3.63, 3.8) is 0 Å². The van der Waals surface area contributed by atoms with Crippen LogP contribution >= 0.6 is 0 Å². The van der Waals surface area contributed by atoms with Crippen LogP contribution in [0.2, 0.25) is 0 Å². The standard InChI is InChI=1S/C12H19N3O2/c1-8(2)7-15(9(3)4)11-10(12(16)17)13-5-6-14-11/h5-6,8-9H,7H2,1-4H3,(H,16,17). The van der Waals surface area contributed by atoms with Crippen LogP contribution in [0.4, 0.5) is 5.82 Å². The third kappa shape index (κ3) is 3.41. The molecule has 0 unspecified atom stereocenters. The Bertz CT molecular complexity index is 391. The molecule has 1 heterocycles. The zero-order valence-corrected chi connectivity index (χ0v) is 10.7. The average molecular weight is 237 g/mol. The van der Waals surface area contributed by atoms with Crippen molar-refractivity contribution in [2.75, 3.05) is 11.4 Å². The first-order valence-corrected chi connectivity index (χ1v) is 5.74. The summed E-state index contributed by atoms with van der Waals surface area (Å²) in [5.41, 5.74) is 0.0156. The van der Waals surface area contributed by atoms with E-state index in [1.807, 2.05) is 18.7 Å². The first-order valence-electron chi connectivity index (χ1n) is 5.74. The minimum absolute atomic E-state index is 0.0156. The smallest absolute Gasteiger partial charge is 0.358 e. The maximum absolute atomic E-state index is 11.1. The summed E-state index contributed by atoms with van der Waals surface area (Å²) in [6.45, 7) is 8.97. The van der Waals surface area contributed by atoms with Crippen molar-refractivity contribution >= 4 is 11.8 Å². The number of hydrogen-bond acceptors (Lipinski definition) is 4. The van der Waals surface area contributed by atoms with E-state index < -0.39 is 5.97 Å². The fourth-order valence-electron chi connectivity index (χ4n) is 1.63. The number of carboxylic acid groups (broad SMARTS) is 1. The third-order valence-corrected chi connectivity index (χ3v) is 2.34. The van der Waals surface area contributed by atoms with E-state index in [1.54, 1.807) is 0 Å². The third-order valence-electron chi connectivity index (χ3n) is 2.34. The Morgan fingerprint density at radius 3 is 2.35 bits per heavy atom. The number of carboxylic acids is 1. The zero-order valence-electron chi connectivity index (χ0n) is 10.7. The fraction of sp³-hybridized carbons (Fsp3) is 0.583. The van der Waals surface area contributed by atoms with E-state index in [9.17, 15) is 4.79 Å². The van der Waals surface area contributed by atoms with Gasteiger partial charge in [-0.2, -0.15) is 0 Å². The van der Waals surface area contributed by atoms with Crippen molar-refractivity contribution in [3.8, 4) is 0 Å². The first-order chi connectivity index (χ1) is 7.93. The molecule has 1 aromatic heterocycles. The monoisotopic (exact) mass is 237 g/mol. The summed E-state index contributed by atoms with van der Waals surface area (Å²) < 4.78 is 0. The molecule has 0 atom stereocenters. The minimum Gasteiger partial charge on any atom is -0.476 e. The van der Waals surface area contributed by atoms with Crippen molar-refractivity contribution < 1.29 is 9.90 Å². The molecule has 0 radical (unpaired) electrons. The molecule has 0 bridgehead atoms. The minimum atomic E-state index is -1.04. The van der Waals surface area contributed by atoms with E-state index in [2.05, 4.69) is 23.8 Å². The van der Waals surface area contributed by atoms with Gasteiger partial charge in [-0.1, -0.05) is 13.8 Å². The summed E-state index contributed by atoms with van der Waals surface area (Å²) >= 11 is 0. The molecule has 0 spiro atoms. The highest BCUT2D eigenvalue weighted by Gasteiger charge is 2.21. The molecule has 0 amide bonds. The average Bonchev–Trinajstić information content (AvgIpc) is 2.25. The quantitative estimate of drug-likeness (QED) is 0.849. The number of anilines is 1. The lowest BCUT2D eigenvalue weighted by Crippen LogP contribution is -2.36. The van der Waals surface area contributed by atoms with E-state index in [-0.39, 0.29) is 11.7 Å². The SMILES string of the molecule is CC(C)CN(c1nccnc1C(=O)O)C(C)C. The number of rotatable bonds is 5. The van der Waals surface area contributed by atoms with Gasteiger partial charge >= 0.3 is 5.97 Å². The summed E-state index contributed by atoms with van der Waals surface area (Å²) in [6.07, 6.45) is 2.93. The maximum atomic E-state index is 11.1. The molecule has 0 saturated heterocycles. The van der Waals surface area contributed by atoms with Crippen molar-refractivity contribution in [1.29, 1.82) is 0 Å². The molecule has 94 valence electrons. The molecule has 1 rings (SSSR count). The second kappa shape index (κ2) is 5.61. The topological polar surface area (TPSA) is 66.3 Å². The largest absolute Gasteiger partial charge is 0.476 e. The summed E-state index contributed by atoms with van der Waals surface area (Å²) in [7, 11) is 0. The van der Waals surface area contributed by atoms with Crippen LogP contribution in [0.5, 0.6) is 0 Å². The molecule has 5 nitrogen and oxygen atoms in total. The van der Waals surface area contributed by atoms with Gasteiger partial charge in [-0.3, -0.25) is 0 Å². The van der Waals surface area contributed by atoms with Gasteiger partial charge in [0.1, 0.15) is 0 Å². The molecule has 0 aromatic carbocycles. The van der Waals surface area contributed by atoms with Crippen LogP contribution in [-0.4, -0.2) is 33.6 Å². The summed E-state index contributed by atoms with van der Waals surface area (Å²) in [5, 5.41) is 9.10. The van der Waals surface area contributed by atoms with E-state index >= 15 is 0 Å². The highest BCUT2D eigenvalue weighted by Crippen LogP contribution is 2.19. The van der Waals surface area contributed by atoms with Gasteiger partial charge in [-0.05, 0) is 19.8 Å². The molecule has 17 heavy (non-hydrogen) atoms. The second-order valence-corrected chi connectivity index (χ2v) is 4.67. The van der Waals surface area contributed by atoms with Gasteiger partial charge in [0.2, 0.25) is 0 Å². The number of aromatic nitrogens is 2. The van der Waals surface area contributed by atoms with Gasteiger partial charge in [-0.15, -0.1) is 0 Å². The lowest BCUT2D eigenvalue weighted by molar-refractivity contribution is 0.0690. The Balaban J connectivity index is 3.13. The molecule has 1 aromatic rings. The van der Waals surface area contributed by atoms with Crippen molar-refractivity contribution in [1.82, 2.24) is 9.97 Å². The maximum Gasteiger partial charge on any atom is 0.358 e. The number of nitrogens with zero attached hydrogens (tertiary/aromatic N) is 3. The predicted octanol–water partition coefficient (Wildman–Crippen LogP) is 2.05. The van der Waals surface area contributed by atoms with Gasteiger partial charge in [0, 0.05) is 25.0 Å². The van der Waals surface area contributed by atoms with E-state index in [1.165, 1.54) is 12.4 Å². The van der Waals surface area contributed by atoms with Crippen molar-refractivity contribution in [2.24, 2.45) is 5.92 Å². The van der Waals surface area contributed by atoms with Crippen LogP contribution in [0, 0.1) is 5.92 Å². The molecule has 0 aliphatic rings. The van der Waals surface area contributed by atoms with Gasteiger partial charge < -0.3 is 10.0 Å². The number of carbonyl (C=O) groups is 1. The lowest BCUT2D eigenvalue weighted by atomic mass is 10.1. The molecule has 0 saturated carbocycles. The van der Waals surface area contributed by atoms with Crippen LogP contribution in [0.3, 0.4) is 0 Å². The lowest BCUT2D eigenvalue weighted by Gasteiger charge is -2.30. The second-order valence-electron chi connectivity index (χ2n) is 4.67. The van der Waals surface area contributed by atoms with Gasteiger partial charge in [0.25, 0.3) is 0 Å². The van der Waals surface area contributed by atoms with Crippen LogP contribution in [0.25, 0.3) is 0 Å². The van der Waals surface area contributed by atoms with Crippen molar-refractivity contribution in [3.05, 3.63) is 18.1 Å². The highest BCUT2D eigenvalue weighted by atomic mass is 16.4. The number of aromatic carboxylic acids is 1. The predicted molar refractivity (Wildman–Crippen MR) is 66.3 cm³/mol. The molecule has 0 aliphatic carbocycles. The van der Waals surface area contributed by atoms with E-state index in [4.69, 9.17) is 5.11 Å². The van der Waals surface area contributed by atoms with Crippen LogP contribution in [0.15, 0.2) is 12.4 Å².